The first-order valence-electron chi connectivity index (χ1n) is 8.22. The lowest BCUT2D eigenvalue weighted by Gasteiger charge is -2.15. The van der Waals surface area contributed by atoms with Crippen LogP contribution < -0.4 is 15.4 Å². The summed E-state index contributed by atoms with van der Waals surface area (Å²) in [7, 11) is 0. The highest BCUT2D eigenvalue weighted by Gasteiger charge is 2.27. The first-order chi connectivity index (χ1) is 12.4. The Morgan fingerprint density at radius 1 is 1.00 bits per heavy atom. The quantitative estimate of drug-likeness (QED) is 0.827. The minimum atomic E-state index is -1.12. The number of ether oxygens (including phenoxy) is 1. The lowest BCUT2D eigenvalue weighted by atomic mass is 9.94. The Morgan fingerprint density at radius 3 is 2.08 bits per heavy atom. The van der Waals surface area contributed by atoms with Crippen LogP contribution in [-0.4, -0.2) is 18.4 Å². The Balaban J connectivity index is 2.00. The van der Waals surface area contributed by atoms with E-state index in [4.69, 9.17) is 10.00 Å². The van der Waals surface area contributed by atoms with Gasteiger partial charge in [-0.3, -0.25) is 9.59 Å². The molecular weight excluding hydrogens is 330 g/mol. The molecule has 0 atom stereocenters. The fourth-order valence-corrected chi connectivity index (χ4v) is 2.05. The Hall–Kier alpha value is -3.33. The van der Waals surface area contributed by atoms with Crippen molar-refractivity contribution >= 4 is 23.2 Å². The molecule has 0 bridgehead atoms. The Labute approximate surface area is 152 Å². The molecule has 2 aromatic carbocycles. The van der Waals surface area contributed by atoms with Crippen LogP contribution in [0.5, 0.6) is 5.75 Å². The topological polar surface area (TPSA) is 91.2 Å². The van der Waals surface area contributed by atoms with E-state index in [9.17, 15) is 9.59 Å². The van der Waals surface area contributed by atoms with Gasteiger partial charge in [-0.1, -0.05) is 0 Å². The molecule has 0 heterocycles. The van der Waals surface area contributed by atoms with Crippen LogP contribution in [0.2, 0.25) is 0 Å². The smallest absolute Gasteiger partial charge is 0.255 e. The summed E-state index contributed by atoms with van der Waals surface area (Å²) in [5.41, 5.74) is 0.517. The summed E-state index contributed by atoms with van der Waals surface area (Å²) in [5.74, 6) is 0.0851. The number of nitriles is 1. The molecule has 2 amide bonds. The summed E-state index contributed by atoms with van der Waals surface area (Å²) in [4.78, 5) is 24.3. The van der Waals surface area contributed by atoms with Crippen molar-refractivity contribution in [3.63, 3.8) is 0 Å². The van der Waals surface area contributed by atoms with Crippen LogP contribution in [0, 0.1) is 16.7 Å². The normalized spacial score (nSPS) is 10.5. The van der Waals surface area contributed by atoms with Gasteiger partial charge in [-0.05, 0) is 69.3 Å². The van der Waals surface area contributed by atoms with Crippen molar-refractivity contribution < 1.29 is 14.3 Å². The van der Waals surface area contributed by atoms with Gasteiger partial charge >= 0.3 is 0 Å². The maximum atomic E-state index is 12.3. The third-order valence-corrected chi connectivity index (χ3v) is 3.68. The standard InChI is InChI=1S/C20H21N3O3/c1-4-26-17-11-9-15(10-12-17)22-18(24)14-5-7-16(8-6-14)23-19(25)20(2,3)13-21/h5-12H,4H2,1-3H3,(H,22,24)(H,23,25). The van der Waals surface area contributed by atoms with Gasteiger partial charge < -0.3 is 15.4 Å². The van der Waals surface area contributed by atoms with E-state index in [0.29, 0.717) is 23.5 Å². The summed E-state index contributed by atoms with van der Waals surface area (Å²) in [6.07, 6.45) is 0. The minimum Gasteiger partial charge on any atom is -0.494 e. The second-order valence-electron chi connectivity index (χ2n) is 6.18. The highest BCUT2D eigenvalue weighted by atomic mass is 16.5. The maximum absolute atomic E-state index is 12.3. The van der Waals surface area contributed by atoms with Crippen LogP contribution >= 0.6 is 0 Å². The van der Waals surface area contributed by atoms with Crippen LogP contribution in [-0.2, 0) is 4.79 Å². The largest absolute Gasteiger partial charge is 0.494 e. The second-order valence-corrected chi connectivity index (χ2v) is 6.18. The van der Waals surface area contributed by atoms with Crippen LogP contribution in [0.1, 0.15) is 31.1 Å². The van der Waals surface area contributed by atoms with Gasteiger partial charge in [0.1, 0.15) is 11.2 Å². The predicted octanol–water partition coefficient (Wildman–Crippen LogP) is 3.83. The zero-order valence-electron chi connectivity index (χ0n) is 15.0. The van der Waals surface area contributed by atoms with Crippen LogP contribution in [0.4, 0.5) is 11.4 Å². The third-order valence-electron chi connectivity index (χ3n) is 3.68. The van der Waals surface area contributed by atoms with Crippen LogP contribution in [0.25, 0.3) is 0 Å². The summed E-state index contributed by atoms with van der Waals surface area (Å²) >= 11 is 0. The number of amides is 2. The van der Waals surface area contributed by atoms with Gasteiger partial charge in [-0.15, -0.1) is 0 Å². The van der Waals surface area contributed by atoms with E-state index in [1.165, 1.54) is 0 Å². The van der Waals surface area contributed by atoms with E-state index in [0.717, 1.165) is 5.75 Å². The third kappa shape index (κ3) is 4.84. The zero-order chi connectivity index (χ0) is 19.2. The van der Waals surface area contributed by atoms with Crippen molar-refractivity contribution in [1.29, 1.82) is 5.26 Å². The van der Waals surface area contributed by atoms with Gasteiger partial charge in [0.25, 0.3) is 5.91 Å². The molecule has 2 rings (SSSR count). The Kier molecular flexibility index (Phi) is 5.97. The van der Waals surface area contributed by atoms with Gasteiger partial charge in [0.15, 0.2) is 0 Å². The molecule has 0 saturated heterocycles. The molecule has 0 fully saturated rings. The van der Waals surface area contributed by atoms with Gasteiger partial charge in [0, 0.05) is 16.9 Å². The van der Waals surface area contributed by atoms with Gasteiger partial charge in [-0.2, -0.15) is 5.26 Å². The molecule has 0 aromatic heterocycles. The summed E-state index contributed by atoms with van der Waals surface area (Å²) < 4.78 is 5.36. The predicted molar refractivity (Wildman–Crippen MR) is 100 cm³/mol. The van der Waals surface area contributed by atoms with Crippen molar-refractivity contribution in [3.8, 4) is 11.8 Å². The van der Waals surface area contributed by atoms with Crippen molar-refractivity contribution in [2.45, 2.75) is 20.8 Å². The lowest BCUT2D eigenvalue weighted by molar-refractivity contribution is -0.121. The number of anilines is 2. The molecule has 0 saturated carbocycles. The fourth-order valence-electron chi connectivity index (χ4n) is 2.05. The van der Waals surface area contributed by atoms with Crippen LogP contribution in [0.15, 0.2) is 48.5 Å². The molecule has 0 unspecified atom stereocenters. The maximum Gasteiger partial charge on any atom is 0.255 e. The molecule has 134 valence electrons. The minimum absolute atomic E-state index is 0.260. The van der Waals surface area contributed by atoms with Crippen molar-refractivity contribution in [2.75, 3.05) is 17.2 Å². The molecule has 2 aromatic rings. The summed E-state index contributed by atoms with van der Waals surface area (Å²) in [6.45, 7) is 5.57. The average Bonchev–Trinajstić information content (AvgIpc) is 2.64. The number of nitrogens with zero attached hydrogens (tertiary/aromatic N) is 1. The molecule has 26 heavy (non-hydrogen) atoms. The van der Waals surface area contributed by atoms with E-state index in [-0.39, 0.29) is 5.91 Å². The SMILES string of the molecule is CCOc1ccc(NC(=O)c2ccc(NC(=O)C(C)(C)C#N)cc2)cc1. The van der Waals surface area contributed by atoms with Crippen molar-refractivity contribution in [3.05, 3.63) is 54.1 Å². The van der Waals surface area contributed by atoms with Gasteiger partial charge in [0.2, 0.25) is 5.91 Å². The number of carbonyl (C=O) groups excluding carboxylic acids is 2. The van der Waals surface area contributed by atoms with E-state index in [2.05, 4.69) is 10.6 Å². The Morgan fingerprint density at radius 2 is 1.54 bits per heavy atom. The second kappa shape index (κ2) is 8.17. The lowest BCUT2D eigenvalue weighted by Crippen LogP contribution is -2.29. The molecule has 2 N–H and O–H groups in total. The molecule has 0 radical (unpaired) electrons. The first-order valence-corrected chi connectivity index (χ1v) is 8.22. The van der Waals surface area contributed by atoms with E-state index in [1.54, 1.807) is 62.4 Å². The van der Waals surface area contributed by atoms with Crippen LogP contribution in [0.3, 0.4) is 0 Å². The molecule has 6 heteroatoms. The van der Waals surface area contributed by atoms with E-state index >= 15 is 0 Å². The fraction of sp³-hybridized carbons (Fsp3) is 0.250. The Bertz CT molecular complexity index is 819. The molecular formula is C20H21N3O3. The summed E-state index contributed by atoms with van der Waals surface area (Å²) in [5, 5.41) is 14.4. The van der Waals surface area contributed by atoms with E-state index in [1.807, 2.05) is 13.0 Å². The van der Waals surface area contributed by atoms with Gasteiger partial charge in [-0.25, -0.2) is 0 Å². The number of hydrogen-bond donors (Lipinski definition) is 2. The van der Waals surface area contributed by atoms with Crippen molar-refractivity contribution in [1.82, 2.24) is 0 Å². The molecule has 0 aliphatic carbocycles. The summed E-state index contributed by atoms with van der Waals surface area (Å²) in [6, 6.07) is 15.5. The molecule has 0 aliphatic heterocycles. The number of hydrogen-bond acceptors (Lipinski definition) is 4. The zero-order valence-corrected chi connectivity index (χ0v) is 15.0. The highest BCUT2D eigenvalue weighted by Crippen LogP contribution is 2.19. The molecule has 0 aliphatic rings. The monoisotopic (exact) mass is 351 g/mol. The molecule has 6 nitrogen and oxygen atoms in total. The van der Waals surface area contributed by atoms with Gasteiger partial charge in [0.05, 0.1) is 12.7 Å². The first kappa shape index (κ1) is 19.0. The number of carbonyl (C=O) groups is 2. The molecule has 0 spiro atoms. The highest BCUT2D eigenvalue weighted by molar-refractivity contribution is 6.04. The number of nitrogens with one attached hydrogen (secondary N) is 2. The van der Waals surface area contributed by atoms with E-state index < -0.39 is 11.3 Å². The number of rotatable bonds is 6. The average molecular weight is 351 g/mol. The van der Waals surface area contributed by atoms with Crippen molar-refractivity contribution in [2.24, 2.45) is 5.41 Å². The number of benzene rings is 2.